The quantitative estimate of drug-likeness (QED) is 0.118. The molecule has 339 valence electrons. The Bertz CT molecular complexity index is 3870. The van der Waals surface area contributed by atoms with Crippen LogP contribution in [0, 0.1) is 12.1 Å². The first kappa shape index (κ1) is 44.3. The maximum atomic E-state index is 8.22. The summed E-state index contributed by atoms with van der Waals surface area (Å²) in [6, 6.07) is 73.9. The number of nitrogens with zero attached hydrogens (tertiary/aromatic N) is 3. The van der Waals surface area contributed by atoms with Crippen LogP contribution in [-0.4, -0.2) is 14.5 Å². The zero-order chi connectivity index (χ0) is 47.4. The zero-order valence-electron chi connectivity index (χ0n) is 40.8. The second-order valence-electron chi connectivity index (χ2n) is 18.8. The molecule has 0 bridgehead atoms. The molecule has 0 atom stereocenters. The second-order valence-corrected chi connectivity index (χ2v) is 18.8. The third-order valence-corrected chi connectivity index (χ3v) is 13.5. The molecule has 3 nitrogen and oxygen atoms in total. The van der Waals surface area contributed by atoms with Crippen LogP contribution in [0.5, 0.6) is 0 Å². The van der Waals surface area contributed by atoms with Gasteiger partial charge in [0.25, 0.3) is 0 Å². The molecule has 0 amide bonds. The molecule has 0 N–H and O–H groups in total. The zero-order valence-corrected chi connectivity index (χ0v) is 42.2. The first-order valence-electron chi connectivity index (χ1n) is 24.3. The van der Waals surface area contributed by atoms with E-state index in [2.05, 4.69) is 219 Å². The van der Waals surface area contributed by atoms with Gasteiger partial charge in [-0.3, -0.25) is 4.98 Å². The Kier molecular flexibility index (Phi) is 12.2. The molecule has 4 heteroatoms. The van der Waals surface area contributed by atoms with Crippen molar-refractivity contribution in [1.82, 2.24) is 14.5 Å². The number of pyridine rings is 1. The average Bonchev–Trinajstić information content (AvgIpc) is 3.78. The summed E-state index contributed by atoms with van der Waals surface area (Å²) >= 11 is 0. The molecule has 12 rings (SSSR count). The third-order valence-electron chi connectivity index (χ3n) is 13.5. The summed E-state index contributed by atoms with van der Waals surface area (Å²) in [6.45, 7) is 13.0. The number of benzene rings is 10. The fourth-order valence-electron chi connectivity index (χ4n) is 9.91. The SMILES string of the molecule is CC(C)c1cc(-c2ccccc2)cc(C(C)C)c1-n1c(-c2[c-]cc3c(ccc4ccccc43)c2)nc2ccc3ccccc3c21.[2H]C(C)(C)c1ccnc(-c2[c-]cc3c(ccc4ccccc43)c2)c1.[Ir]. The predicted octanol–water partition coefficient (Wildman–Crippen LogP) is 17.8. The van der Waals surface area contributed by atoms with Gasteiger partial charge < -0.3 is 9.55 Å². The van der Waals surface area contributed by atoms with Crippen molar-refractivity contribution in [1.29, 1.82) is 0 Å². The van der Waals surface area contributed by atoms with Crippen LogP contribution in [0.4, 0.5) is 0 Å². The van der Waals surface area contributed by atoms with E-state index in [1.807, 2.05) is 32.0 Å². The van der Waals surface area contributed by atoms with Crippen molar-refractivity contribution in [3.8, 4) is 39.5 Å². The van der Waals surface area contributed by atoms with Crippen molar-refractivity contribution in [3.63, 3.8) is 0 Å². The summed E-state index contributed by atoms with van der Waals surface area (Å²) in [7, 11) is 0. The van der Waals surface area contributed by atoms with E-state index in [-0.39, 0.29) is 20.1 Å². The standard InChI is InChI=1S/C43H35N2.C22H18N.Ir/c1-27(2)38-25-34(29-12-6-5-7-13-29)26-39(28(3)4)41(38)45-42-37-17-11-9-15-31(37)21-23-40(42)44-43(45)33-20-22-36-32(24-33)19-18-30-14-8-10-16-35(30)36;1-15(2)17-11-12-23-22(14-17)19-9-10-21-18(13-19)8-7-16-5-3-4-6-20(16)21;/h5-19,21-28H,1-4H3;3-8,10-15H,1-2H3;/q2*-1;/i;15D;. The van der Waals surface area contributed by atoms with Crippen LogP contribution in [0.3, 0.4) is 0 Å². The summed E-state index contributed by atoms with van der Waals surface area (Å²) in [5.74, 6) is 0.888. The van der Waals surface area contributed by atoms with Crippen LogP contribution in [-0.2, 0) is 20.1 Å². The number of aromatic nitrogens is 3. The fourth-order valence-corrected chi connectivity index (χ4v) is 9.91. The Morgan fingerprint density at radius 1 is 0.478 bits per heavy atom. The summed E-state index contributed by atoms with van der Waals surface area (Å²) in [6.07, 6.45) is 1.78. The van der Waals surface area contributed by atoms with Gasteiger partial charge in [0.2, 0.25) is 0 Å². The Hall–Kier alpha value is -7.23. The maximum Gasteiger partial charge on any atom is 0.0781 e. The van der Waals surface area contributed by atoms with Gasteiger partial charge in [-0.2, -0.15) is 0 Å². The van der Waals surface area contributed by atoms with Gasteiger partial charge in [0.15, 0.2) is 0 Å². The number of rotatable bonds is 7. The maximum absolute atomic E-state index is 8.22. The molecule has 0 aliphatic heterocycles. The van der Waals surface area contributed by atoms with E-state index in [1.54, 1.807) is 6.20 Å². The number of hydrogen-bond donors (Lipinski definition) is 0. The molecule has 0 saturated heterocycles. The van der Waals surface area contributed by atoms with Crippen molar-refractivity contribution < 1.29 is 21.5 Å². The molecule has 10 aromatic carbocycles. The van der Waals surface area contributed by atoms with E-state index in [9.17, 15) is 0 Å². The van der Waals surface area contributed by atoms with E-state index in [0.717, 1.165) is 39.2 Å². The minimum Gasteiger partial charge on any atom is -0.332 e. The average molecular weight is 1070 g/mol. The van der Waals surface area contributed by atoms with Gasteiger partial charge in [0.1, 0.15) is 0 Å². The van der Waals surface area contributed by atoms with Crippen molar-refractivity contribution >= 4 is 64.9 Å². The van der Waals surface area contributed by atoms with Crippen molar-refractivity contribution in [3.05, 3.63) is 223 Å². The van der Waals surface area contributed by atoms with Crippen LogP contribution < -0.4 is 0 Å². The molecule has 0 aliphatic carbocycles. The first-order valence-corrected chi connectivity index (χ1v) is 23.8. The molecule has 12 aromatic rings. The molecular weight excluding hydrogens is 1010 g/mol. The Morgan fingerprint density at radius 2 is 0.986 bits per heavy atom. The van der Waals surface area contributed by atoms with Crippen LogP contribution in [0.1, 0.15) is 77.3 Å². The van der Waals surface area contributed by atoms with Gasteiger partial charge in [-0.15, -0.1) is 58.3 Å². The molecule has 2 aromatic heterocycles. The largest absolute Gasteiger partial charge is 0.332 e. The van der Waals surface area contributed by atoms with Crippen molar-refractivity contribution in [2.75, 3.05) is 0 Å². The minimum atomic E-state index is -0.634. The van der Waals surface area contributed by atoms with Gasteiger partial charge in [-0.25, -0.2) is 0 Å². The molecule has 0 saturated carbocycles. The third kappa shape index (κ3) is 8.54. The van der Waals surface area contributed by atoms with E-state index >= 15 is 0 Å². The van der Waals surface area contributed by atoms with Crippen molar-refractivity contribution in [2.45, 2.75) is 59.3 Å². The fraction of sp³-hybridized carbons (Fsp3) is 0.138. The molecule has 0 unspecified atom stereocenters. The van der Waals surface area contributed by atoms with Crippen LogP contribution >= 0.6 is 0 Å². The number of fused-ring (bicyclic) bond motifs is 9. The molecule has 69 heavy (non-hydrogen) atoms. The number of imidazole rings is 1. The predicted molar refractivity (Wildman–Crippen MR) is 289 cm³/mol. The van der Waals surface area contributed by atoms with Gasteiger partial charge in [0.05, 0.1) is 16.9 Å². The van der Waals surface area contributed by atoms with Gasteiger partial charge >= 0.3 is 0 Å². The van der Waals surface area contributed by atoms with E-state index < -0.39 is 5.89 Å². The first-order chi connectivity index (χ1) is 33.5. The normalized spacial score (nSPS) is 12.0. The van der Waals surface area contributed by atoms with E-state index in [1.165, 1.54) is 81.8 Å². The van der Waals surface area contributed by atoms with Crippen LogP contribution in [0.25, 0.3) is 104 Å². The van der Waals surface area contributed by atoms with Crippen molar-refractivity contribution in [2.24, 2.45) is 0 Å². The van der Waals surface area contributed by atoms with Gasteiger partial charge in [-0.1, -0.05) is 208 Å². The van der Waals surface area contributed by atoms with E-state index in [4.69, 9.17) is 6.35 Å². The van der Waals surface area contributed by atoms with E-state index in [0.29, 0.717) is 11.8 Å². The minimum absolute atomic E-state index is 0. The molecule has 0 aliphatic rings. The summed E-state index contributed by atoms with van der Waals surface area (Å²) in [4.78, 5) is 9.87. The smallest absolute Gasteiger partial charge is 0.0781 e. The summed E-state index contributed by atoms with van der Waals surface area (Å²) in [5, 5.41) is 12.2. The monoisotopic (exact) mass is 1070 g/mol. The molecule has 2 heterocycles. The van der Waals surface area contributed by atoms with Gasteiger partial charge in [-0.05, 0) is 86.1 Å². The Labute approximate surface area is 420 Å². The molecule has 0 spiro atoms. The Balaban J connectivity index is 0.000000192. The molecule has 0 fully saturated rings. The topological polar surface area (TPSA) is 30.7 Å². The van der Waals surface area contributed by atoms with Crippen LogP contribution in [0.15, 0.2) is 194 Å². The summed E-state index contributed by atoms with van der Waals surface area (Å²) < 4.78 is 10.7. The summed E-state index contributed by atoms with van der Waals surface area (Å²) in [5.41, 5.74) is 12.3. The Morgan fingerprint density at radius 3 is 1.58 bits per heavy atom. The second kappa shape index (κ2) is 19.0. The number of hydrogen-bond acceptors (Lipinski definition) is 2. The van der Waals surface area contributed by atoms with Crippen LogP contribution in [0.2, 0.25) is 0 Å². The van der Waals surface area contributed by atoms with Gasteiger partial charge in [0, 0.05) is 38.7 Å². The molecule has 1 radical (unpaired) electrons. The molecular formula is C65H53IrN3-2.